The van der Waals surface area contributed by atoms with Crippen LogP contribution in [0.25, 0.3) is 11.0 Å². The van der Waals surface area contributed by atoms with E-state index in [1.807, 2.05) is 29.9 Å². The molecule has 1 aliphatic heterocycles. The standard InChI is InChI=1S/C25H27F3N6O/c1-14-2-5-18-21(24-8-15(9-24)19(10-24)25(26,27)28)31-23(32-22(18)30-14)33-6-7-35-20(13-33)16-11-29-34(12-16)17-3-4-17/h2,5,11-12,15,17,19-20H,3-4,6-10,13H2,1H3/t15?,19-,20?,24?/m0/s1. The Hall–Kier alpha value is -2.75. The summed E-state index contributed by atoms with van der Waals surface area (Å²) in [6.07, 6.45) is 3.11. The average molecular weight is 485 g/mol. The topological polar surface area (TPSA) is 69.0 Å². The number of morpholine rings is 1. The molecule has 184 valence electrons. The van der Waals surface area contributed by atoms with Gasteiger partial charge in [0.2, 0.25) is 5.95 Å². The summed E-state index contributed by atoms with van der Waals surface area (Å²) in [6, 6.07) is 4.32. The SMILES string of the molecule is Cc1ccc2c(C34CC(C3)[C@@H](C(F)(F)F)C4)nc(N3CCOC(c4cnn(C5CC5)c4)C3)nc2n1. The molecule has 2 atom stereocenters. The van der Waals surface area contributed by atoms with Gasteiger partial charge in [0.25, 0.3) is 0 Å². The van der Waals surface area contributed by atoms with Crippen LogP contribution in [0.3, 0.4) is 0 Å². The molecular weight excluding hydrogens is 457 g/mol. The normalized spacial score (nSPS) is 30.6. The fourth-order valence-electron chi connectivity index (χ4n) is 6.38. The zero-order valence-electron chi connectivity index (χ0n) is 19.5. The number of aryl methyl sites for hydroxylation is 1. The molecule has 3 aromatic heterocycles. The van der Waals surface area contributed by atoms with Crippen molar-refractivity contribution in [3.8, 4) is 0 Å². The van der Waals surface area contributed by atoms with Crippen LogP contribution in [-0.4, -0.2) is 50.6 Å². The van der Waals surface area contributed by atoms with E-state index in [2.05, 4.69) is 21.2 Å². The summed E-state index contributed by atoms with van der Waals surface area (Å²) in [4.78, 5) is 16.5. The maximum atomic E-state index is 13.6. The lowest BCUT2D eigenvalue weighted by molar-refractivity contribution is -0.180. The summed E-state index contributed by atoms with van der Waals surface area (Å²) in [7, 11) is 0. The smallest absolute Gasteiger partial charge is 0.370 e. The lowest BCUT2D eigenvalue weighted by Crippen LogP contribution is -2.40. The van der Waals surface area contributed by atoms with Gasteiger partial charge >= 0.3 is 6.18 Å². The third kappa shape index (κ3) is 3.51. The summed E-state index contributed by atoms with van der Waals surface area (Å²) >= 11 is 0. The van der Waals surface area contributed by atoms with E-state index in [0.717, 1.165) is 35.2 Å². The second-order valence-electron chi connectivity index (χ2n) is 10.8. The van der Waals surface area contributed by atoms with Crippen LogP contribution >= 0.6 is 0 Å². The van der Waals surface area contributed by atoms with Crippen LogP contribution < -0.4 is 4.90 Å². The first-order valence-corrected chi connectivity index (χ1v) is 12.4. The minimum absolute atomic E-state index is 0.104. The van der Waals surface area contributed by atoms with Gasteiger partial charge in [0.1, 0.15) is 6.10 Å². The van der Waals surface area contributed by atoms with Crippen LogP contribution in [0, 0.1) is 18.8 Å². The van der Waals surface area contributed by atoms with Crippen molar-refractivity contribution in [1.29, 1.82) is 0 Å². The fourth-order valence-corrected chi connectivity index (χ4v) is 6.38. The van der Waals surface area contributed by atoms with E-state index in [1.54, 1.807) is 0 Å². The number of aromatic nitrogens is 5. The summed E-state index contributed by atoms with van der Waals surface area (Å²) < 4.78 is 49.0. The first-order chi connectivity index (χ1) is 16.8. The quantitative estimate of drug-likeness (QED) is 0.536. The van der Waals surface area contributed by atoms with Crippen LogP contribution in [0.15, 0.2) is 24.5 Å². The maximum absolute atomic E-state index is 13.6. The van der Waals surface area contributed by atoms with E-state index in [1.165, 1.54) is 0 Å². The molecule has 1 saturated heterocycles. The number of nitrogens with zero attached hydrogens (tertiary/aromatic N) is 6. The highest BCUT2D eigenvalue weighted by atomic mass is 19.4. The highest BCUT2D eigenvalue weighted by Crippen LogP contribution is 2.66. The number of fused-ring (bicyclic) bond motifs is 2. The van der Waals surface area contributed by atoms with Crippen LogP contribution in [0.2, 0.25) is 0 Å². The zero-order chi connectivity index (χ0) is 23.9. The first-order valence-electron chi connectivity index (χ1n) is 12.4. The Balaban J connectivity index is 1.24. The maximum Gasteiger partial charge on any atom is 0.392 e. The molecule has 0 amide bonds. The van der Waals surface area contributed by atoms with Crippen LogP contribution in [-0.2, 0) is 10.2 Å². The van der Waals surface area contributed by atoms with Crippen molar-refractivity contribution in [2.45, 2.75) is 62.8 Å². The summed E-state index contributed by atoms with van der Waals surface area (Å²) in [5.41, 5.74) is 2.60. The number of halogens is 3. The van der Waals surface area contributed by atoms with Crippen LogP contribution in [0.1, 0.15) is 61.2 Å². The van der Waals surface area contributed by atoms with Crippen LogP contribution in [0.5, 0.6) is 0 Å². The third-order valence-corrected chi connectivity index (χ3v) is 8.36. The van der Waals surface area contributed by atoms with E-state index >= 15 is 0 Å². The number of hydrogen-bond acceptors (Lipinski definition) is 6. The van der Waals surface area contributed by atoms with Gasteiger partial charge in [-0.1, -0.05) is 0 Å². The van der Waals surface area contributed by atoms with E-state index in [4.69, 9.17) is 14.7 Å². The van der Waals surface area contributed by atoms with Gasteiger partial charge in [0.15, 0.2) is 5.65 Å². The molecule has 0 N–H and O–H groups in total. The minimum Gasteiger partial charge on any atom is -0.370 e. The molecule has 5 aliphatic rings. The Labute approximate surface area is 200 Å². The van der Waals surface area contributed by atoms with Crippen molar-refractivity contribution >= 4 is 17.0 Å². The van der Waals surface area contributed by atoms with Gasteiger partial charge in [-0.15, -0.1) is 0 Å². The predicted octanol–water partition coefficient (Wildman–Crippen LogP) is 4.67. The second-order valence-corrected chi connectivity index (χ2v) is 10.8. The molecular formula is C25H27F3N6O. The Morgan fingerprint density at radius 3 is 2.66 bits per heavy atom. The number of alkyl halides is 3. The molecule has 10 heteroatoms. The van der Waals surface area contributed by atoms with Gasteiger partial charge in [-0.3, -0.25) is 4.68 Å². The molecule has 7 nitrogen and oxygen atoms in total. The summed E-state index contributed by atoms with van der Waals surface area (Å²) in [6.45, 7) is 3.59. The Bertz CT molecular complexity index is 1300. The van der Waals surface area contributed by atoms with E-state index in [9.17, 15) is 13.2 Å². The van der Waals surface area contributed by atoms with Gasteiger partial charge in [-0.25, -0.2) is 9.97 Å². The highest BCUT2D eigenvalue weighted by Gasteiger charge is 2.65. The van der Waals surface area contributed by atoms with Crippen LogP contribution in [0.4, 0.5) is 19.1 Å². The molecule has 0 spiro atoms. The molecule has 8 rings (SSSR count). The lowest BCUT2D eigenvalue weighted by atomic mass is 9.66. The van der Waals surface area contributed by atoms with Gasteiger partial charge in [-0.2, -0.15) is 23.3 Å². The Kier molecular flexibility index (Phi) is 4.54. The number of ether oxygens (including phenoxy) is 1. The molecule has 2 bridgehead atoms. The fraction of sp³-hybridized carbons (Fsp3) is 0.600. The summed E-state index contributed by atoms with van der Waals surface area (Å²) in [5.74, 6) is -1.02. The predicted molar refractivity (Wildman–Crippen MR) is 122 cm³/mol. The minimum atomic E-state index is -4.16. The molecule has 1 unspecified atom stereocenters. The zero-order valence-corrected chi connectivity index (χ0v) is 19.5. The van der Waals surface area contributed by atoms with Crippen molar-refractivity contribution in [3.05, 3.63) is 41.5 Å². The largest absolute Gasteiger partial charge is 0.392 e. The van der Waals surface area contributed by atoms with Gasteiger partial charge in [0, 0.05) is 34.8 Å². The lowest BCUT2D eigenvalue weighted by Gasteiger charge is -2.39. The number of hydrogen-bond donors (Lipinski definition) is 0. The van der Waals surface area contributed by atoms with Crippen molar-refractivity contribution in [2.24, 2.45) is 11.8 Å². The van der Waals surface area contributed by atoms with E-state index in [0.29, 0.717) is 50.2 Å². The molecule has 4 saturated carbocycles. The Morgan fingerprint density at radius 1 is 1.09 bits per heavy atom. The first kappa shape index (κ1) is 21.5. The molecule has 4 aliphatic carbocycles. The van der Waals surface area contributed by atoms with Gasteiger partial charge in [-0.05, 0) is 57.1 Å². The van der Waals surface area contributed by atoms with E-state index in [-0.39, 0.29) is 18.4 Å². The molecule has 4 heterocycles. The van der Waals surface area contributed by atoms with Gasteiger partial charge < -0.3 is 9.64 Å². The average Bonchev–Trinajstić information content (AvgIpc) is 3.25. The molecule has 35 heavy (non-hydrogen) atoms. The molecule has 0 aromatic carbocycles. The number of pyridine rings is 1. The monoisotopic (exact) mass is 484 g/mol. The van der Waals surface area contributed by atoms with Crippen molar-refractivity contribution < 1.29 is 17.9 Å². The Morgan fingerprint density at radius 2 is 1.91 bits per heavy atom. The number of anilines is 1. The van der Waals surface area contributed by atoms with Crippen molar-refractivity contribution in [2.75, 3.05) is 24.6 Å². The van der Waals surface area contributed by atoms with Crippen molar-refractivity contribution in [3.63, 3.8) is 0 Å². The highest BCUT2D eigenvalue weighted by molar-refractivity contribution is 5.80. The van der Waals surface area contributed by atoms with E-state index < -0.39 is 17.5 Å². The molecule has 0 radical (unpaired) electrons. The van der Waals surface area contributed by atoms with Crippen molar-refractivity contribution in [1.82, 2.24) is 24.7 Å². The second kappa shape index (κ2) is 7.38. The molecule has 3 aromatic rings. The van der Waals surface area contributed by atoms with Gasteiger partial charge in [0.05, 0.1) is 37.0 Å². The summed E-state index contributed by atoms with van der Waals surface area (Å²) in [5, 5.41) is 5.27. The molecule has 5 fully saturated rings. The number of rotatable bonds is 4. The third-order valence-electron chi connectivity index (χ3n) is 8.36.